The van der Waals surface area contributed by atoms with Gasteiger partial charge in [-0.2, -0.15) is 0 Å². The van der Waals surface area contributed by atoms with E-state index in [0.717, 1.165) is 34.7 Å². The van der Waals surface area contributed by atoms with Gasteiger partial charge >= 0.3 is 0 Å². The van der Waals surface area contributed by atoms with Crippen LogP contribution in [0.4, 0.5) is 0 Å². The second-order valence-corrected chi connectivity index (χ2v) is 6.20. The van der Waals surface area contributed by atoms with Gasteiger partial charge in [0.05, 0.1) is 17.3 Å². The maximum absolute atomic E-state index is 6.25. The molecule has 0 saturated carbocycles. The number of rotatable bonds is 5. The molecule has 122 valence electrons. The summed E-state index contributed by atoms with van der Waals surface area (Å²) in [7, 11) is 0. The molecule has 4 heteroatoms. The highest BCUT2D eigenvalue weighted by molar-refractivity contribution is 6.35. The molecule has 3 rings (SSSR count). The summed E-state index contributed by atoms with van der Waals surface area (Å²) in [6, 6.07) is 13.5. The van der Waals surface area contributed by atoms with Crippen molar-refractivity contribution in [2.24, 2.45) is 4.99 Å². The lowest BCUT2D eigenvalue weighted by Crippen LogP contribution is -1.90. The van der Waals surface area contributed by atoms with Gasteiger partial charge in [-0.05, 0) is 48.9 Å². The summed E-state index contributed by atoms with van der Waals surface area (Å²) < 4.78 is 5.44. The summed E-state index contributed by atoms with van der Waals surface area (Å²) in [6.07, 6.45) is 6.95. The van der Waals surface area contributed by atoms with Crippen LogP contribution < -0.4 is 4.74 Å². The number of aliphatic imine (C=N–C) groups is 1. The van der Waals surface area contributed by atoms with E-state index in [0.29, 0.717) is 16.7 Å². The summed E-state index contributed by atoms with van der Waals surface area (Å²) >= 11 is 12.2. The molecule has 2 nitrogen and oxygen atoms in total. The van der Waals surface area contributed by atoms with Crippen LogP contribution in [0.5, 0.6) is 5.75 Å². The van der Waals surface area contributed by atoms with Gasteiger partial charge in [0.2, 0.25) is 0 Å². The molecule has 0 N–H and O–H groups in total. The van der Waals surface area contributed by atoms with Gasteiger partial charge < -0.3 is 4.74 Å². The minimum Gasteiger partial charge on any atom is -0.494 e. The van der Waals surface area contributed by atoms with Crippen LogP contribution >= 0.6 is 23.2 Å². The Morgan fingerprint density at radius 3 is 2.58 bits per heavy atom. The predicted molar refractivity (Wildman–Crippen MR) is 103 cm³/mol. The lowest BCUT2D eigenvalue weighted by Gasteiger charge is -2.03. The fourth-order valence-electron chi connectivity index (χ4n) is 2.45. The molecule has 0 amide bonds. The van der Waals surface area contributed by atoms with E-state index in [1.54, 1.807) is 6.07 Å². The van der Waals surface area contributed by atoms with E-state index in [1.807, 2.05) is 49.4 Å². The van der Waals surface area contributed by atoms with E-state index >= 15 is 0 Å². The highest BCUT2D eigenvalue weighted by Crippen LogP contribution is 2.30. The maximum Gasteiger partial charge on any atom is 0.119 e. The van der Waals surface area contributed by atoms with Crippen molar-refractivity contribution in [1.29, 1.82) is 0 Å². The third-order valence-electron chi connectivity index (χ3n) is 3.63. The standard InChI is InChI=1S/C20H17Cl2NO/c1-2-24-17-9-4-14(5-10-17)3-7-16-8-12-20(23-16)18-11-6-15(21)13-19(18)22/h3-7,9-13H,2,8H2,1H3/b7-3+. The van der Waals surface area contributed by atoms with Crippen molar-refractivity contribution in [2.45, 2.75) is 13.3 Å². The molecule has 24 heavy (non-hydrogen) atoms. The summed E-state index contributed by atoms with van der Waals surface area (Å²) in [4.78, 5) is 4.65. The maximum atomic E-state index is 6.25. The number of hydrogen-bond donors (Lipinski definition) is 0. The monoisotopic (exact) mass is 357 g/mol. The van der Waals surface area contributed by atoms with Gasteiger partial charge in [0, 0.05) is 22.7 Å². The van der Waals surface area contributed by atoms with Gasteiger partial charge in [0.1, 0.15) is 5.75 Å². The van der Waals surface area contributed by atoms with Crippen molar-refractivity contribution < 1.29 is 4.74 Å². The topological polar surface area (TPSA) is 21.6 Å². The molecule has 0 saturated heterocycles. The van der Waals surface area contributed by atoms with Crippen LogP contribution in [0.3, 0.4) is 0 Å². The van der Waals surface area contributed by atoms with E-state index in [1.165, 1.54) is 0 Å². The van der Waals surface area contributed by atoms with Gasteiger partial charge in [0.25, 0.3) is 0 Å². The fourth-order valence-corrected chi connectivity index (χ4v) is 2.96. The van der Waals surface area contributed by atoms with Gasteiger partial charge in [-0.15, -0.1) is 0 Å². The van der Waals surface area contributed by atoms with E-state index in [4.69, 9.17) is 27.9 Å². The molecule has 1 aliphatic heterocycles. The Labute approximate surface area is 152 Å². The first-order valence-electron chi connectivity index (χ1n) is 7.80. The number of nitrogens with zero attached hydrogens (tertiary/aromatic N) is 1. The quantitative estimate of drug-likeness (QED) is 0.615. The second kappa shape index (κ2) is 7.69. The second-order valence-electron chi connectivity index (χ2n) is 5.36. The molecule has 0 radical (unpaired) electrons. The Hall–Kier alpha value is -2.03. The Balaban J connectivity index is 1.71. The minimum atomic E-state index is 0.620. The van der Waals surface area contributed by atoms with Gasteiger partial charge in [-0.1, -0.05) is 47.5 Å². The Morgan fingerprint density at radius 1 is 1.08 bits per heavy atom. The lowest BCUT2D eigenvalue weighted by atomic mass is 10.1. The molecule has 0 bridgehead atoms. The van der Waals surface area contributed by atoms with E-state index in [2.05, 4.69) is 17.1 Å². The van der Waals surface area contributed by atoms with E-state index in [-0.39, 0.29) is 0 Å². The van der Waals surface area contributed by atoms with Crippen molar-refractivity contribution in [3.05, 3.63) is 75.8 Å². The van der Waals surface area contributed by atoms with Crippen LogP contribution in [-0.2, 0) is 0 Å². The molecule has 0 fully saturated rings. The van der Waals surface area contributed by atoms with Crippen molar-refractivity contribution in [1.82, 2.24) is 0 Å². The molecule has 2 aromatic carbocycles. The van der Waals surface area contributed by atoms with Crippen molar-refractivity contribution in [3.63, 3.8) is 0 Å². The molecule has 0 atom stereocenters. The summed E-state index contributed by atoms with van der Waals surface area (Å²) in [5.41, 5.74) is 3.91. The molecule has 0 aliphatic carbocycles. The number of benzene rings is 2. The summed E-state index contributed by atoms with van der Waals surface area (Å²) in [6.45, 7) is 2.65. The zero-order chi connectivity index (χ0) is 16.9. The molecular weight excluding hydrogens is 341 g/mol. The van der Waals surface area contributed by atoms with E-state index < -0.39 is 0 Å². The zero-order valence-corrected chi connectivity index (χ0v) is 14.8. The Bertz CT molecular complexity index is 820. The number of allylic oxidation sites excluding steroid dienone is 2. The third kappa shape index (κ3) is 4.08. The Kier molecular flexibility index (Phi) is 5.39. The first-order valence-corrected chi connectivity index (χ1v) is 8.55. The molecule has 0 aromatic heterocycles. The number of halogens is 2. The van der Waals surface area contributed by atoms with Crippen LogP contribution in [0.25, 0.3) is 11.8 Å². The normalized spacial score (nSPS) is 14.0. The average Bonchev–Trinajstić information content (AvgIpc) is 3.03. The van der Waals surface area contributed by atoms with Crippen LogP contribution in [0.15, 0.2) is 59.6 Å². The molecule has 2 aromatic rings. The van der Waals surface area contributed by atoms with Crippen LogP contribution in [0.2, 0.25) is 10.0 Å². The first kappa shape index (κ1) is 16.8. The van der Waals surface area contributed by atoms with Crippen LogP contribution in [0.1, 0.15) is 24.5 Å². The molecular formula is C20H17Cl2NO. The van der Waals surface area contributed by atoms with Crippen LogP contribution in [0, 0.1) is 0 Å². The Morgan fingerprint density at radius 2 is 1.88 bits per heavy atom. The minimum absolute atomic E-state index is 0.620. The van der Waals surface area contributed by atoms with Crippen LogP contribution in [-0.4, -0.2) is 12.3 Å². The molecule has 0 spiro atoms. The zero-order valence-electron chi connectivity index (χ0n) is 13.3. The third-order valence-corrected chi connectivity index (χ3v) is 4.18. The highest BCUT2D eigenvalue weighted by atomic mass is 35.5. The van der Waals surface area contributed by atoms with Gasteiger partial charge in [-0.25, -0.2) is 0 Å². The number of ether oxygens (including phenoxy) is 1. The first-order chi connectivity index (χ1) is 11.7. The molecule has 1 aliphatic rings. The van der Waals surface area contributed by atoms with Crippen molar-refractivity contribution in [3.8, 4) is 5.75 Å². The van der Waals surface area contributed by atoms with Crippen molar-refractivity contribution in [2.75, 3.05) is 6.61 Å². The van der Waals surface area contributed by atoms with Crippen molar-refractivity contribution >= 4 is 40.7 Å². The van der Waals surface area contributed by atoms with Gasteiger partial charge in [0.15, 0.2) is 0 Å². The largest absolute Gasteiger partial charge is 0.494 e. The predicted octanol–water partition coefficient (Wildman–Crippen LogP) is 6.29. The highest BCUT2D eigenvalue weighted by Gasteiger charge is 2.11. The average molecular weight is 358 g/mol. The lowest BCUT2D eigenvalue weighted by molar-refractivity contribution is 0.340. The SMILES string of the molecule is CCOc1ccc(/C=C/C2=NC(c3ccc(Cl)cc3Cl)=CC2)cc1. The molecule has 0 unspecified atom stereocenters. The smallest absolute Gasteiger partial charge is 0.119 e. The summed E-state index contributed by atoms with van der Waals surface area (Å²) in [5.74, 6) is 0.884. The fraction of sp³-hybridized carbons (Fsp3) is 0.150. The number of hydrogen-bond acceptors (Lipinski definition) is 2. The van der Waals surface area contributed by atoms with Gasteiger partial charge in [-0.3, -0.25) is 4.99 Å². The van der Waals surface area contributed by atoms with E-state index in [9.17, 15) is 0 Å². The molecule has 1 heterocycles. The summed E-state index contributed by atoms with van der Waals surface area (Å²) in [5, 5.41) is 1.25.